The first kappa shape index (κ1) is 21.1. The lowest BCUT2D eigenvalue weighted by atomic mass is 9.94. The second-order valence-electron chi connectivity index (χ2n) is 8.89. The van der Waals surface area contributed by atoms with Crippen molar-refractivity contribution in [3.8, 4) is 0 Å². The van der Waals surface area contributed by atoms with Crippen molar-refractivity contribution in [1.82, 2.24) is 14.7 Å². The summed E-state index contributed by atoms with van der Waals surface area (Å²) in [4.78, 5) is 44.2. The van der Waals surface area contributed by atoms with Gasteiger partial charge in [-0.25, -0.2) is 0 Å². The first-order valence-corrected chi connectivity index (χ1v) is 11.6. The summed E-state index contributed by atoms with van der Waals surface area (Å²) in [5.74, 6) is -0.440. The molecule has 2 aromatic rings. The average Bonchev–Trinajstić information content (AvgIpc) is 3.33. The zero-order valence-corrected chi connectivity index (χ0v) is 18.3. The third-order valence-corrected chi connectivity index (χ3v) is 6.84. The van der Waals surface area contributed by atoms with Gasteiger partial charge in [0.15, 0.2) is 0 Å². The van der Waals surface area contributed by atoms with Crippen LogP contribution in [0.2, 0.25) is 0 Å². The second-order valence-corrected chi connectivity index (χ2v) is 8.89. The number of hydrogen-bond donors (Lipinski definition) is 0. The number of piperazine rings is 1. The Labute approximate surface area is 187 Å². The highest BCUT2D eigenvalue weighted by atomic mass is 16.5. The molecule has 3 heterocycles. The number of imide groups is 1. The van der Waals surface area contributed by atoms with E-state index in [1.54, 1.807) is 12.1 Å². The van der Waals surface area contributed by atoms with Gasteiger partial charge in [0, 0.05) is 68.8 Å². The summed E-state index contributed by atoms with van der Waals surface area (Å²) in [6.07, 6.45) is 3.44. The Balaban J connectivity index is 1.14. The summed E-state index contributed by atoms with van der Waals surface area (Å²) in [7, 11) is 0. The van der Waals surface area contributed by atoms with Crippen LogP contribution in [0, 0.1) is 0 Å². The van der Waals surface area contributed by atoms with Crippen molar-refractivity contribution in [3.05, 3.63) is 47.5 Å². The molecule has 7 nitrogen and oxygen atoms in total. The Bertz CT molecular complexity index is 988. The van der Waals surface area contributed by atoms with Crippen LogP contribution >= 0.6 is 0 Å². The maximum atomic E-state index is 13.0. The van der Waals surface area contributed by atoms with Crippen LogP contribution in [0.5, 0.6) is 0 Å². The summed E-state index contributed by atoms with van der Waals surface area (Å²) >= 11 is 0. The van der Waals surface area contributed by atoms with Gasteiger partial charge in [-0.15, -0.1) is 0 Å². The van der Waals surface area contributed by atoms with E-state index in [0.717, 1.165) is 62.9 Å². The number of carbonyl (C=O) groups excluding carboxylic acids is 3. The molecule has 0 N–H and O–H groups in total. The van der Waals surface area contributed by atoms with Gasteiger partial charge in [-0.05, 0) is 36.8 Å². The van der Waals surface area contributed by atoms with Crippen LogP contribution in [-0.4, -0.2) is 84.4 Å². The van der Waals surface area contributed by atoms with Crippen LogP contribution in [0.15, 0.2) is 36.4 Å². The quantitative estimate of drug-likeness (QED) is 0.653. The highest BCUT2D eigenvalue weighted by molar-refractivity contribution is 6.25. The first-order valence-electron chi connectivity index (χ1n) is 11.6. The Morgan fingerprint density at radius 2 is 1.66 bits per heavy atom. The van der Waals surface area contributed by atoms with Crippen molar-refractivity contribution in [2.75, 3.05) is 45.9 Å². The van der Waals surface area contributed by atoms with Crippen LogP contribution in [0.4, 0.5) is 0 Å². The first-order chi connectivity index (χ1) is 15.6. The summed E-state index contributed by atoms with van der Waals surface area (Å²) in [5, 5.41) is 1.63. The van der Waals surface area contributed by atoms with E-state index in [1.807, 2.05) is 29.2 Å². The molecule has 3 aliphatic rings. The zero-order valence-electron chi connectivity index (χ0n) is 18.3. The number of hydrogen-bond acceptors (Lipinski definition) is 5. The molecule has 0 bridgehead atoms. The van der Waals surface area contributed by atoms with Gasteiger partial charge in [0.25, 0.3) is 11.8 Å². The number of ether oxygens (including phenoxy) is 1. The van der Waals surface area contributed by atoms with E-state index in [0.29, 0.717) is 30.1 Å². The van der Waals surface area contributed by atoms with E-state index in [9.17, 15) is 14.4 Å². The molecule has 5 rings (SSSR count). The van der Waals surface area contributed by atoms with Crippen LogP contribution in [0.3, 0.4) is 0 Å². The van der Waals surface area contributed by atoms with Gasteiger partial charge in [0.1, 0.15) is 0 Å². The molecule has 1 atom stereocenters. The van der Waals surface area contributed by atoms with Gasteiger partial charge < -0.3 is 9.64 Å². The number of rotatable bonds is 6. The molecule has 168 valence electrons. The van der Waals surface area contributed by atoms with E-state index in [1.165, 1.54) is 4.90 Å². The monoisotopic (exact) mass is 435 g/mol. The second kappa shape index (κ2) is 9.00. The van der Waals surface area contributed by atoms with Gasteiger partial charge in [-0.2, -0.15) is 0 Å². The normalized spacial score (nSPS) is 21.6. The van der Waals surface area contributed by atoms with Crippen molar-refractivity contribution in [2.45, 2.75) is 31.8 Å². The Morgan fingerprint density at radius 1 is 0.969 bits per heavy atom. The number of carbonyl (C=O) groups is 3. The molecule has 32 heavy (non-hydrogen) atoms. The largest absolute Gasteiger partial charge is 0.377 e. The van der Waals surface area contributed by atoms with Gasteiger partial charge in [-0.1, -0.05) is 24.3 Å². The number of nitrogens with zero attached hydrogens (tertiary/aromatic N) is 3. The maximum Gasteiger partial charge on any atom is 0.261 e. The molecule has 7 heteroatoms. The van der Waals surface area contributed by atoms with Crippen LogP contribution < -0.4 is 0 Å². The lowest BCUT2D eigenvalue weighted by Crippen LogP contribution is -2.50. The smallest absolute Gasteiger partial charge is 0.261 e. The molecule has 0 spiro atoms. The SMILES string of the molecule is O=C(CCCN1C(=O)c2cccc3cccc(c23)C1=O)N1CCN(CC2CCCO2)CC1. The molecule has 0 saturated carbocycles. The molecular formula is C25H29N3O4. The molecule has 3 aliphatic heterocycles. The van der Waals surface area contributed by atoms with E-state index in [-0.39, 0.29) is 24.3 Å². The van der Waals surface area contributed by atoms with Crippen molar-refractivity contribution < 1.29 is 19.1 Å². The van der Waals surface area contributed by atoms with Gasteiger partial charge in [0.2, 0.25) is 5.91 Å². The fraction of sp³-hybridized carbons (Fsp3) is 0.480. The minimum Gasteiger partial charge on any atom is -0.377 e. The topological polar surface area (TPSA) is 70.2 Å². The summed E-state index contributed by atoms with van der Waals surface area (Å²) < 4.78 is 5.72. The average molecular weight is 436 g/mol. The number of amides is 3. The molecule has 0 aromatic heterocycles. The van der Waals surface area contributed by atoms with Gasteiger partial charge in [0.05, 0.1) is 6.10 Å². The number of benzene rings is 2. The molecule has 2 fully saturated rings. The molecular weight excluding hydrogens is 406 g/mol. The predicted molar refractivity (Wildman–Crippen MR) is 121 cm³/mol. The molecule has 3 amide bonds. The van der Waals surface area contributed by atoms with Gasteiger partial charge in [-0.3, -0.25) is 24.2 Å². The lowest BCUT2D eigenvalue weighted by Gasteiger charge is -2.36. The summed E-state index contributed by atoms with van der Waals surface area (Å²) in [6, 6.07) is 11.1. The standard InChI is InChI=1S/C25H29N3O4/c29-22(27-14-12-26(13-15-27)17-19-7-4-16-32-19)10-3-11-28-24(30)20-8-1-5-18-6-2-9-21(23(18)20)25(28)31/h1-2,5-6,8-9,19H,3-4,7,10-17H2. The van der Waals surface area contributed by atoms with E-state index in [2.05, 4.69) is 4.90 Å². The fourth-order valence-corrected chi connectivity index (χ4v) is 5.09. The molecule has 0 radical (unpaired) electrons. The highest BCUT2D eigenvalue weighted by Gasteiger charge is 2.32. The highest BCUT2D eigenvalue weighted by Crippen LogP contribution is 2.30. The maximum absolute atomic E-state index is 13.0. The Morgan fingerprint density at radius 3 is 2.28 bits per heavy atom. The van der Waals surface area contributed by atoms with Crippen molar-refractivity contribution >= 4 is 28.5 Å². The minimum atomic E-state index is -0.269. The third-order valence-electron chi connectivity index (χ3n) is 6.84. The van der Waals surface area contributed by atoms with E-state index >= 15 is 0 Å². The third kappa shape index (κ3) is 4.02. The fourth-order valence-electron chi connectivity index (χ4n) is 5.09. The van der Waals surface area contributed by atoms with Crippen LogP contribution in [-0.2, 0) is 9.53 Å². The van der Waals surface area contributed by atoms with E-state index in [4.69, 9.17) is 4.74 Å². The van der Waals surface area contributed by atoms with E-state index < -0.39 is 0 Å². The predicted octanol–water partition coefficient (Wildman–Crippen LogP) is 2.54. The molecule has 2 aromatic carbocycles. The van der Waals surface area contributed by atoms with Crippen molar-refractivity contribution in [1.29, 1.82) is 0 Å². The van der Waals surface area contributed by atoms with Crippen LogP contribution in [0.25, 0.3) is 10.8 Å². The summed E-state index contributed by atoms with van der Waals surface area (Å²) in [5.41, 5.74) is 1.12. The Kier molecular flexibility index (Phi) is 5.93. The minimum absolute atomic E-state index is 0.0983. The molecule has 1 unspecified atom stereocenters. The zero-order chi connectivity index (χ0) is 22.1. The Hall–Kier alpha value is -2.77. The van der Waals surface area contributed by atoms with Crippen molar-refractivity contribution in [3.63, 3.8) is 0 Å². The van der Waals surface area contributed by atoms with Crippen molar-refractivity contribution in [2.24, 2.45) is 0 Å². The lowest BCUT2D eigenvalue weighted by molar-refractivity contribution is -0.133. The van der Waals surface area contributed by atoms with Gasteiger partial charge >= 0.3 is 0 Å². The summed E-state index contributed by atoms with van der Waals surface area (Å²) in [6.45, 7) is 5.27. The molecule has 0 aliphatic carbocycles. The molecule has 2 saturated heterocycles. The van der Waals surface area contributed by atoms with Crippen LogP contribution in [0.1, 0.15) is 46.4 Å².